The Morgan fingerprint density at radius 1 is 1.50 bits per heavy atom. The number of hydrogen-bond donors (Lipinski definition) is 4. The number of rotatable bonds is 5. The molecule has 0 aromatic carbocycles. The van der Waals surface area contributed by atoms with Gasteiger partial charge in [0.25, 0.3) is 5.56 Å². The lowest BCUT2D eigenvalue weighted by molar-refractivity contribution is -0.118. The van der Waals surface area contributed by atoms with Gasteiger partial charge in [-0.15, -0.1) is 0 Å². The zero-order valence-electron chi connectivity index (χ0n) is 9.41. The van der Waals surface area contributed by atoms with Crippen LogP contribution >= 0.6 is 0 Å². The lowest BCUT2D eigenvalue weighted by atomic mass is 10.2. The second-order valence-corrected chi connectivity index (χ2v) is 3.50. The minimum Gasteiger partial charge on any atom is -0.394 e. The predicted octanol–water partition coefficient (Wildman–Crippen LogP) is -2.47. The maximum atomic E-state index is 13.0. The summed E-state index contributed by atoms with van der Waals surface area (Å²) in [6.45, 7) is -0.616. The number of H-pyrrole nitrogens is 1. The van der Waals surface area contributed by atoms with Crippen LogP contribution in [0.1, 0.15) is 6.23 Å². The minimum absolute atomic E-state index is 0.392. The number of aliphatic hydroxyl groups is 3. The van der Waals surface area contributed by atoms with E-state index >= 15 is 0 Å². The van der Waals surface area contributed by atoms with Crippen molar-refractivity contribution in [2.45, 2.75) is 18.4 Å². The molecule has 9 heteroatoms. The van der Waals surface area contributed by atoms with Gasteiger partial charge in [-0.1, -0.05) is 0 Å². The molecule has 1 rings (SSSR count). The number of aromatic amines is 1. The topological polar surface area (TPSA) is 125 Å². The number of methoxy groups -OCH3 is 1. The molecule has 0 saturated carbocycles. The maximum absolute atomic E-state index is 13.0. The van der Waals surface area contributed by atoms with Crippen LogP contribution in [0.4, 0.5) is 4.39 Å². The molecule has 0 bridgehead atoms. The van der Waals surface area contributed by atoms with Gasteiger partial charge in [0.1, 0.15) is 12.2 Å². The van der Waals surface area contributed by atoms with Gasteiger partial charge in [0, 0.05) is 7.11 Å². The lowest BCUT2D eigenvalue weighted by Crippen LogP contribution is -2.43. The maximum Gasteiger partial charge on any atom is 0.330 e. The van der Waals surface area contributed by atoms with E-state index in [1.54, 1.807) is 4.98 Å². The molecule has 0 unspecified atom stereocenters. The van der Waals surface area contributed by atoms with E-state index in [-0.39, 0.29) is 0 Å². The fourth-order valence-corrected chi connectivity index (χ4v) is 1.34. The van der Waals surface area contributed by atoms with E-state index in [0.717, 1.165) is 0 Å². The third-order valence-electron chi connectivity index (χ3n) is 2.38. The Labute approximate surface area is 99.9 Å². The van der Waals surface area contributed by atoms with Gasteiger partial charge in [-0.25, -0.2) is 4.79 Å². The summed E-state index contributed by atoms with van der Waals surface area (Å²) in [6.07, 6.45) is -4.26. The Hall–Kier alpha value is -1.55. The molecule has 1 aromatic heterocycles. The average molecular weight is 264 g/mol. The number of nitrogens with zero attached hydrogens (tertiary/aromatic N) is 1. The van der Waals surface area contributed by atoms with Gasteiger partial charge in [-0.3, -0.25) is 14.3 Å². The van der Waals surface area contributed by atoms with Crippen molar-refractivity contribution >= 4 is 0 Å². The Bertz CT molecular complexity index is 509. The number of ether oxygens (including phenoxy) is 1. The summed E-state index contributed by atoms with van der Waals surface area (Å²) < 4.78 is 18.0. The second-order valence-electron chi connectivity index (χ2n) is 3.50. The van der Waals surface area contributed by atoms with E-state index in [1.807, 2.05) is 0 Å². The van der Waals surface area contributed by atoms with E-state index in [2.05, 4.69) is 4.74 Å². The molecule has 1 aromatic rings. The van der Waals surface area contributed by atoms with E-state index in [4.69, 9.17) is 5.11 Å². The van der Waals surface area contributed by atoms with Crippen molar-refractivity contribution in [1.29, 1.82) is 0 Å². The number of hydrogen-bond acceptors (Lipinski definition) is 6. The zero-order chi connectivity index (χ0) is 13.9. The molecular weight excluding hydrogens is 251 g/mol. The molecule has 18 heavy (non-hydrogen) atoms. The van der Waals surface area contributed by atoms with Gasteiger partial charge in [0.15, 0.2) is 6.23 Å². The van der Waals surface area contributed by atoms with Gasteiger partial charge in [-0.05, 0) is 0 Å². The van der Waals surface area contributed by atoms with Gasteiger partial charge in [0.05, 0.1) is 12.8 Å². The monoisotopic (exact) mass is 264 g/mol. The fourth-order valence-electron chi connectivity index (χ4n) is 1.34. The molecular formula is C9H13FN2O6. The Kier molecular flexibility index (Phi) is 4.73. The van der Waals surface area contributed by atoms with E-state index in [0.29, 0.717) is 10.8 Å². The molecule has 0 aliphatic carbocycles. The Balaban J connectivity index is 3.11. The first-order chi connectivity index (χ1) is 8.42. The summed E-state index contributed by atoms with van der Waals surface area (Å²) in [5.74, 6) is -1.29. The van der Waals surface area contributed by atoms with E-state index in [9.17, 15) is 24.2 Å². The molecule has 8 nitrogen and oxygen atoms in total. The molecule has 102 valence electrons. The lowest BCUT2D eigenvalue weighted by Gasteiger charge is -2.25. The molecule has 0 radical (unpaired) electrons. The molecule has 0 saturated heterocycles. The Morgan fingerprint density at radius 3 is 2.61 bits per heavy atom. The number of aliphatic hydroxyl groups excluding tert-OH is 3. The first-order valence-electron chi connectivity index (χ1n) is 4.93. The van der Waals surface area contributed by atoms with Crippen molar-refractivity contribution in [3.63, 3.8) is 0 Å². The molecule has 0 fully saturated rings. The van der Waals surface area contributed by atoms with Crippen molar-refractivity contribution in [3.05, 3.63) is 32.9 Å². The van der Waals surface area contributed by atoms with Crippen LogP contribution in [0.5, 0.6) is 0 Å². The largest absolute Gasteiger partial charge is 0.394 e. The van der Waals surface area contributed by atoms with Crippen molar-refractivity contribution < 1.29 is 24.4 Å². The summed E-state index contributed by atoms with van der Waals surface area (Å²) in [6, 6.07) is 0. The fraction of sp³-hybridized carbons (Fsp3) is 0.556. The van der Waals surface area contributed by atoms with Crippen LogP contribution < -0.4 is 11.2 Å². The van der Waals surface area contributed by atoms with Gasteiger partial charge < -0.3 is 20.1 Å². The standard InChI is InChI=1S/C9H13FN2O6/c1-18-5(3-13)6(14)8(16)12-2-4(10)7(15)11-9(12)17/h2,5-6,8,13-14,16H,3H2,1H3,(H,11,15,17)/t5-,6-,8-/m1/s1. The highest BCUT2D eigenvalue weighted by Crippen LogP contribution is 2.11. The summed E-state index contributed by atoms with van der Waals surface area (Å²) >= 11 is 0. The predicted molar refractivity (Wildman–Crippen MR) is 56.4 cm³/mol. The minimum atomic E-state index is -1.87. The second kappa shape index (κ2) is 5.87. The van der Waals surface area contributed by atoms with Crippen molar-refractivity contribution in [2.24, 2.45) is 0 Å². The molecule has 0 aliphatic heterocycles. The number of nitrogens with one attached hydrogen (secondary N) is 1. The van der Waals surface area contributed by atoms with Crippen LogP contribution in [-0.2, 0) is 4.74 Å². The highest BCUT2D eigenvalue weighted by atomic mass is 19.1. The van der Waals surface area contributed by atoms with E-state index in [1.165, 1.54) is 7.11 Å². The number of halogens is 1. The summed E-state index contributed by atoms with van der Waals surface area (Å²) in [5.41, 5.74) is -2.33. The zero-order valence-corrected chi connectivity index (χ0v) is 9.41. The average Bonchev–Trinajstić information content (AvgIpc) is 2.34. The van der Waals surface area contributed by atoms with Gasteiger partial charge >= 0.3 is 5.69 Å². The van der Waals surface area contributed by atoms with Crippen LogP contribution in [0.3, 0.4) is 0 Å². The van der Waals surface area contributed by atoms with Crippen molar-refractivity contribution in [3.8, 4) is 0 Å². The first kappa shape index (κ1) is 14.5. The molecule has 0 spiro atoms. The molecule has 0 amide bonds. The third kappa shape index (κ3) is 2.82. The third-order valence-corrected chi connectivity index (χ3v) is 2.38. The van der Waals surface area contributed by atoms with E-state index < -0.39 is 42.1 Å². The van der Waals surface area contributed by atoms with Crippen LogP contribution in [0.15, 0.2) is 15.8 Å². The van der Waals surface area contributed by atoms with Crippen LogP contribution in [-0.4, -0.2) is 50.8 Å². The van der Waals surface area contributed by atoms with Crippen LogP contribution in [0, 0.1) is 5.82 Å². The molecule has 1 heterocycles. The van der Waals surface area contributed by atoms with Gasteiger partial charge in [-0.2, -0.15) is 4.39 Å². The molecule has 4 N–H and O–H groups in total. The summed E-state index contributed by atoms with van der Waals surface area (Å²) in [7, 11) is 1.17. The van der Waals surface area contributed by atoms with Crippen molar-refractivity contribution in [1.82, 2.24) is 9.55 Å². The number of aromatic nitrogens is 2. The highest BCUT2D eigenvalue weighted by Gasteiger charge is 2.28. The Morgan fingerprint density at radius 2 is 2.11 bits per heavy atom. The summed E-state index contributed by atoms with van der Waals surface area (Å²) in [5, 5.41) is 28.1. The first-order valence-corrected chi connectivity index (χ1v) is 4.93. The smallest absolute Gasteiger partial charge is 0.330 e. The van der Waals surface area contributed by atoms with Crippen LogP contribution in [0.25, 0.3) is 0 Å². The summed E-state index contributed by atoms with van der Waals surface area (Å²) in [4.78, 5) is 23.7. The molecule has 3 atom stereocenters. The SMILES string of the molecule is CO[C@H](CO)[C@@H](O)[C@@H](O)n1cc(F)c(=O)[nH]c1=O. The molecule has 0 aliphatic rings. The quantitative estimate of drug-likeness (QED) is 0.467. The van der Waals surface area contributed by atoms with Crippen molar-refractivity contribution in [2.75, 3.05) is 13.7 Å². The van der Waals surface area contributed by atoms with Gasteiger partial charge in [0.2, 0.25) is 5.82 Å². The normalized spacial score (nSPS) is 16.3. The highest BCUT2D eigenvalue weighted by molar-refractivity contribution is 4.90. The van der Waals surface area contributed by atoms with Crippen LogP contribution in [0.2, 0.25) is 0 Å².